The Balaban J connectivity index is 3.85. The van der Waals surface area contributed by atoms with Crippen LogP contribution in [0, 0.1) is 0 Å². The second-order valence-corrected chi connectivity index (χ2v) is 4.29. The highest BCUT2D eigenvalue weighted by atomic mass is 16.6. The van der Waals surface area contributed by atoms with Crippen molar-refractivity contribution in [3.8, 4) is 0 Å². The van der Waals surface area contributed by atoms with Crippen LogP contribution in [0.25, 0.3) is 0 Å². The third-order valence-electron chi connectivity index (χ3n) is 2.39. The summed E-state index contributed by atoms with van der Waals surface area (Å²) in [5.74, 6) is 0. The summed E-state index contributed by atoms with van der Waals surface area (Å²) in [6, 6.07) is 0. The number of rotatable bonds is 7. The second-order valence-electron chi connectivity index (χ2n) is 4.29. The average molecular weight is 230 g/mol. The van der Waals surface area contributed by atoms with E-state index in [2.05, 4.69) is 18.7 Å². The molecule has 4 nitrogen and oxygen atoms in total. The molecule has 0 rings (SSSR count). The molecule has 0 bridgehead atoms. The molecule has 0 aromatic heterocycles. The van der Waals surface area contributed by atoms with Crippen LogP contribution in [0.4, 0.5) is 4.79 Å². The molecule has 0 heterocycles. The maximum atomic E-state index is 11.5. The Labute approximate surface area is 99.5 Å². The Morgan fingerprint density at radius 2 is 1.81 bits per heavy atom. The molecule has 0 aliphatic rings. The van der Waals surface area contributed by atoms with Crippen molar-refractivity contribution >= 4 is 6.09 Å². The van der Waals surface area contributed by atoms with Gasteiger partial charge in [0.1, 0.15) is 0 Å². The SMILES string of the molecule is CCCN(CC)CCN(C)C(=O)OC(C)C. The van der Waals surface area contributed by atoms with Gasteiger partial charge in [-0.3, -0.25) is 0 Å². The van der Waals surface area contributed by atoms with Crippen molar-refractivity contribution in [1.29, 1.82) is 0 Å². The first-order valence-corrected chi connectivity index (χ1v) is 6.15. The summed E-state index contributed by atoms with van der Waals surface area (Å²) < 4.78 is 5.11. The molecule has 1 amide bonds. The van der Waals surface area contributed by atoms with E-state index in [0.29, 0.717) is 0 Å². The molecule has 16 heavy (non-hydrogen) atoms. The lowest BCUT2D eigenvalue weighted by molar-refractivity contribution is 0.0810. The largest absolute Gasteiger partial charge is 0.447 e. The Hall–Kier alpha value is -0.770. The van der Waals surface area contributed by atoms with Gasteiger partial charge >= 0.3 is 6.09 Å². The fourth-order valence-corrected chi connectivity index (χ4v) is 1.42. The molecule has 0 N–H and O–H groups in total. The maximum Gasteiger partial charge on any atom is 0.409 e. The predicted octanol–water partition coefficient (Wildman–Crippen LogP) is 2.20. The third-order valence-corrected chi connectivity index (χ3v) is 2.39. The van der Waals surface area contributed by atoms with Gasteiger partial charge in [0.25, 0.3) is 0 Å². The molecule has 0 unspecified atom stereocenters. The maximum absolute atomic E-state index is 11.5. The van der Waals surface area contributed by atoms with E-state index in [4.69, 9.17) is 4.74 Å². The molecule has 96 valence electrons. The van der Waals surface area contributed by atoms with Crippen LogP contribution in [0.2, 0.25) is 0 Å². The Morgan fingerprint density at radius 3 is 2.25 bits per heavy atom. The second kappa shape index (κ2) is 8.39. The fraction of sp³-hybridized carbons (Fsp3) is 0.917. The molecule has 0 fully saturated rings. The highest BCUT2D eigenvalue weighted by molar-refractivity contribution is 5.67. The van der Waals surface area contributed by atoms with Crippen molar-refractivity contribution in [2.24, 2.45) is 0 Å². The van der Waals surface area contributed by atoms with Crippen LogP contribution in [-0.4, -0.2) is 55.2 Å². The zero-order valence-electron chi connectivity index (χ0n) is 11.3. The molecular weight excluding hydrogens is 204 g/mol. The first kappa shape index (κ1) is 15.2. The Morgan fingerprint density at radius 1 is 1.19 bits per heavy atom. The summed E-state index contributed by atoms with van der Waals surface area (Å²) in [4.78, 5) is 15.5. The van der Waals surface area contributed by atoms with Crippen molar-refractivity contribution in [2.45, 2.75) is 40.2 Å². The van der Waals surface area contributed by atoms with Crippen molar-refractivity contribution in [3.05, 3.63) is 0 Å². The quantitative estimate of drug-likeness (QED) is 0.672. The van der Waals surface area contributed by atoms with Gasteiger partial charge in [0.05, 0.1) is 6.10 Å². The summed E-state index contributed by atoms with van der Waals surface area (Å²) in [6.07, 6.45) is 0.865. The van der Waals surface area contributed by atoms with Gasteiger partial charge < -0.3 is 14.5 Å². The van der Waals surface area contributed by atoms with E-state index < -0.39 is 0 Å². The lowest BCUT2D eigenvalue weighted by Crippen LogP contribution is -2.37. The van der Waals surface area contributed by atoms with Gasteiger partial charge in [0.15, 0.2) is 0 Å². The normalized spacial score (nSPS) is 10.9. The van der Waals surface area contributed by atoms with E-state index in [-0.39, 0.29) is 12.2 Å². The third kappa shape index (κ3) is 6.67. The summed E-state index contributed by atoms with van der Waals surface area (Å²) in [7, 11) is 1.78. The van der Waals surface area contributed by atoms with Gasteiger partial charge in [0, 0.05) is 20.1 Å². The number of carbonyl (C=O) groups is 1. The molecule has 0 atom stereocenters. The first-order valence-electron chi connectivity index (χ1n) is 6.15. The molecule has 0 spiro atoms. The minimum absolute atomic E-state index is 0.0483. The van der Waals surface area contributed by atoms with Gasteiger partial charge in [-0.15, -0.1) is 0 Å². The Bertz CT molecular complexity index is 195. The number of carbonyl (C=O) groups excluding carboxylic acids is 1. The molecule has 0 aliphatic carbocycles. The number of ether oxygens (including phenoxy) is 1. The molecule has 0 aromatic rings. The number of likely N-dealkylation sites (N-methyl/N-ethyl adjacent to an activating group) is 2. The fourth-order valence-electron chi connectivity index (χ4n) is 1.42. The van der Waals surface area contributed by atoms with E-state index in [1.54, 1.807) is 11.9 Å². The van der Waals surface area contributed by atoms with Gasteiger partial charge in [-0.1, -0.05) is 13.8 Å². The van der Waals surface area contributed by atoms with Crippen LogP contribution in [0.5, 0.6) is 0 Å². The molecule has 0 aliphatic heterocycles. The van der Waals surface area contributed by atoms with Crippen molar-refractivity contribution < 1.29 is 9.53 Å². The summed E-state index contributed by atoms with van der Waals surface area (Å²) in [5.41, 5.74) is 0. The lowest BCUT2D eigenvalue weighted by Gasteiger charge is -2.24. The number of hydrogen-bond donors (Lipinski definition) is 0. The van der Waals surface area contributed by atoms with E-state index >= 15 is 0 Å². The number of hydrogen-bond acceptors (Lipinski definition) is 3. The first-order chi connectivity index (χ1) is 7.51. The Kier molecular flexibility index (Phi) is 7.99. The van der Waals surface area contributed by atoms with Crippen LogP contribution < -0.4 is 0 Å². The molecule has 4 heteroatoms. The predicted molar refractivity (Wildman–Crippen MR) is 66.7 cm³/mol. The van der Waals surface area contributed by atoms with E-state index in [9.17, 15) is 4.79 Å². The number of amides is 1. The monoisotopic (exact) mass is 230 g/mol. The molecular formula is C12H26N2O2. The van der Waals surface area contributed by atoms with Crippen LogP contribution in [0.1, 0.15) is 34.1 Å². The standard InChI is InChI=1S/C12H26N2O2/c1-6-8-14(7-2)10-9-13(5)12(15)16-11(3)4/h11H,6-10H2,1-5H3. The van der Waals surface area contributed by atoms with Gasteiger partial charge in [0.2, 0.25) is 0 Å². The molecule has 0 radical (unpaired) electrons. The lowest BCUT2D eigenvalue weighted by atomic mass is 10.4. The topological polar surface area (TPSA) is 32.8 Å². The highest BCUT2D eigenvalue weighted by Crippen LogP contribution is 1.97. The smallest absolute Gasteiger partial charge is 0.409 e. The van der Waals surface area contributed by atoms with Crippen LogP contribution in [-0.2, 0) is 4.74 Å². The highest BCUT2D eigenvalue weighted by Gasteiger charge is 2.12. The van der Waals surface area contributed by atoms with Crippen molar-refractivity contribution in [1.82, 2.24) is 9.80 Å². The summed E-state index contributed by atoms with van der Waals surface area (Å²) in [6.45, 7) is 11.8. The summed E-state index contributed by atoms with van der Waals surface area (Å²) in [5, 5.41) is 0. The zero-order valence-corrected chi connectivity index (χ0v) is 11.3. The van der Waals surface area contributed by atoms with Crippen LogP contribution >= 0.6 is 0 Å². The van der Waals surface area contributed by atoms with Crippen molar-refractivity contribution in [3.63, 3.8) is 0 Å². The molecule has 0 saturated carbocycles. The van der Waals surface area contributed by atoms with Gasteiger partial charge in [-0.2, -0.15) is 0 Å². The van der Waals surface area contributed by atoms with Crippen LogP contribution in [0.15, 0.2) is 0 Å². The number of nitrogens with zero attached hydrogens (tertiary/aromatic N) is 2. The van der Waals surface area contributed by atoms with Crippen molar-refractivity contribution in [2.75, 3.05) is 33.2 Å². The summed E-state index contributed by atoms with van der Waals surface area (Å²) >= 11 is 0. The average Bonchev–Trinajstić information content (AvgIpc) is 2.22. The van der Waals surface area contributed by atoms with Crippen LogP contribution in [0.3, 0.4) is 0 Å². The molecule has 0 aromatic carbocycles. The van der Waals surface area contributed by atoms with Gasteiger partial charge in [-0.25, -0.2) is 4.79 Å². The molecule has 0 saturated heterocycles. The zero-order chi connectivity index (χ0) is 12.6. The minimum atomic E-state index is -0.234. The van der Waals surface area contributed by atoms with E-state index in [1.165, 1.54) is 0 Å². The minimum Gasteiger partial charge on any atom is -0.447 e. The van der Waals surface area contributed by atoms with Gasteiger partial charge in [-0.05, 0) is 33.4 Å². The van der Waals surface area contributed by atoms with E-state index in [0.717, 1.165) is 32.6 Å². The van der Waals surface area contributed by atoms with E-state index in [1.807, 2.05) is 13.8 Å².